The Morgan fingerprint density at radius 3 is 2.31 bits per heavy atom. The molecule has 2 fully saturated rings. The average Bonchev–Trinajstić information content (AvgIpc) is 2.87. The molecular formula is C20H41N5O11. The second-order valence-electron chi connectivity index (χ2n) is 8.87. The third-order valence-corrected chi connectivity index (χ3v) is 6.34. The van der Waals surface area contributed by atoms with E-state index in [1.54, 1.807) is 0 Å². The minimum absolute atomic E-state index is 0.0263. The zero-order valence-electron chi connectivity index (χ0n) is 20.6. The van der Waals surface area contributed by atoms with Crippen molar-refractivity contribution in [2.24, 2.45) is 11.0 Å². The van der Waals surface area contributed by atoms with E-state index in [1.165, 1.54) is 14.0 Å². The summed E-state index contributed by atoms with van der Waals surface area (Å²) in [6.45, 7) is 2.72. The van der Waals surface area contributed by atoms with E-state index in [1.807, 2.05) is 0 Å². The van der Waals surface area contributed by atoms with Crippen LogP contribution in [-0.4, -0.2) is 148 Å². The Morgan fingerprint density at radius 2 is 1.69 bits per heavy atom. The highest BCUT2D eigenvalue weighted by Crippen LogP contribution is 2.30. The van der Waals surface area contributed by atoms with Gasteiger partial charge < -0.3 is 65.9 Å². The summed E-state index contributed by atoms with van der Waals surface area (Å²) in [6.07, 6.45) is -11.5. The highest BCUT2D eigenvalue weighted by atomic mass is 16.7. The van der Waals surface area contributed by atoms with E-state index in [-0.39, 0.29) is 18.1 Å². The Bertz CT molecular complexity index is 664. The van der Waals surface area contributed by atoms with Gasteiger partial charge in [-0.3, -0.25) is 0 Å². The van der Waals surface area contributed by atoms with Crippen LogP contribution in [0.15, 0.2) is 5.28 Å². The van der Waals surface area contributed by atoms with Gasteiger partial charge in [0.05, 0.1) is 24.2 Å². The third kappa shape index (κ3) is 7.78. The molecule has 2 aliphatic heterocycles. The van der Waals surface area contributed by atoms with Crippen molar-refractivity contribution >= 4 is 0 Å². The lowest BCUT2D eigenvalue weighted by Gasteiger charge is -2.46. The summed E-state index contributed by atoms with van der Waals surface area (Å²) in [5.41, 5.74) is 5.45. The highest BCUT2D eigenvalue weighted by molar-refractivity contribution is 4.95. The first kappa shape index (κ1) is 30.8. The van der Waals surface area contributed by atoms with Crippen LogP contribution in [0.25, 0.3) is 0 Å². The smallest absolute Gasteiger partial charge is 0.230 e. The molecule has 2 heterocycles. The number of nitrogens with two attached hydrogens (primary N) is 1. The highest BCUT2D eigenvalue weighted by Gasteiger charge is 2.50. The average molecular weight is 528 g/mol. The summed E-state index contributed by atoms with van der Waals surface area (Å²) < 4.78 is 22.3. The van der Waals surface area contributed by atoms with Gasteiger partial charge in [-0.15, -0.1) is 5.01 Å². The van der Waals surface area contributed by atoms with Crippen molar-refractivity contribution in [2.45, 2.75) is 81.0 Å². The van der Waals surface area contributed by atoms with Gasteiger partial charge in [0, 0.05) is 7.11 Å². The molecule has 2 rings (SSSR count). The lowest BCUT2D eigenvalue weighted by molar-refractivity contribution is -0.711. The Labute approximate surface area is 209 Å². The van der Waals surface area contributed by atoms with Crippen LogP contribution in [-0.2, 0) is 18.9 Å². The number of hydrazine groups is 1. The summed E-state index contributed by atoms with van der Waals surface area (Å²) in [4.78, 5) is -0.0263. The summed E-state index contributed by atoms with van der Waals surface area (Å²) >= 11 is 0. The van der Waals surface area contributed by atoms with Gasteiger partial charge in [-0.05, 0) is 39.4 Å². The number of aliphatic hydroxyl groups excluding tert-OH is 5. The molecule has 0 amide bonds. The van der Waals surface area contributed by atoms with Crippen molar-refractivity contribution in [3.8, 4) is 0 Å². The molecule has 212 valence electrons. The number of methoxy groups -OCH3 is 1. The van der Waals surface area contributed by atoms with Crippen LogP contribution in [0.2, 0.25) is 0 Å². The summed E-state index contributed by atoms with van der Waals surface area (Å²) in [7, 11) is 1.29. The molecule has 2 saturated heterocycles. The van der Waals surface area contributed by atoms with Crippen molar-refractivity contribution in [3.05, 3.63) is 5.21 Å². The Kier molecular flexibility index (Phi) is 12.9. The molecule has 9 N–H and O–H groups in total. The maximum atomic E-state index is 12.1. The van der Waals surface area contributed by atoms with Crippen LogP contribution in [0.4, 0.5) is 0 Å². The molecule has 0 radical (unpaired) electrons. The van der Waals surface area contributed by atoms with Gasteiger partial charge >= 0.3 is 0 Å². The lowest BCUT2D eigenvalue weighted by atomic mass is 9.94. The van der Waals surface area contributed by atoms with E-state index in [2.05, 4.69) is 10.6 Å². The first-order valence-electron chi connectivity index (χ1n) is 12.0. The number of hydrogen-bond acceptors (Lipinski definition) is 13. The molecule has 16 nitrogen and oxygen atoms in total. The number of nitrogens with zero attached hydrogens (tertiary/aromatic N) is 3. The molecule has 0 aromatic carbocycles. The summed E-state index contributed by atoms with van der Waals surface area (Å²) in [5, 5.41) is 79.6. The predicted molar refractivity (Wildman–Crippen MR) is 120 cm³/mol. The van der Waals surface area contributed by atoms with Crippen molar-refractivity contribution in [1.82, 2.24) is 10.3 Å². The Hall–Kier alpha value is -1.44. The third-order valence-electron chi connectivity index (χ3n) is 6.34. The van der Waals surface area contributed by atoms with Gasteiger partial charge in [0.2, 0.25) is 5.28 Å². The fraction of sp³-hybridized carbons (Fsp3) is 1.00. The second kappa shape index (κ2) is 15.1. The Morgan fingerprint density at radius 1 is 1.03 bits per heavy atom. The molecule has 2 aliphatic rings. The molecule has 0 aromatic rings. The second-order valence-corrected chi connectivity index (χ2v) is 8.87. The van der Waals surface area contributed by atoms with Crippen molar-refractivity contribution in [1.29, 1.82) is 0 Å². The molecular weight excluding hydrogens is 486 g/mol. The van der Waals surface area contributed by atoms with Crippen LogP contribution in [0.3, 0.4) is 0 Å². The molecule has 36 heavy (non-hydrogen) atoms. The van der Waals surface area contributed by atoms with E-state index in [0.29, 0.717) is 26.1 Å². The number of nitrogens with one attached hydrogen (secondary N) is 1. The molecule has 10 atom stereocenters. The van der Waals surface area contributed by atoms with E-state index in [4.69, 9.17) is 29.9 Å². The molecule has 0 aromatic heterocycles. The number of aliphatic hydroxyl groups is 5. The van der Waals surface area contributed by atoms with Crippen LogP contribution < -0.4 is 11.1 Å². The monoisotopic (exact) mass is 527 g/mol. The van der Waals surface area contributed by atoms with Gasteiger partial charge in [0.15, 0.2) is 6.29 Å². The topological polar surface area (TPSA) is 238 Å². The lowest BCUT2D eigenvalue weighted by Crippen LogP contribution is -2.65. The standard InChI is InChI=1S/C20H41N5O11/c1-11-14(27)15(28)19(13(10-26)34-11)36-20-17(30)16(29)18(33-2)12(35-20)9-24(25(32)23-31)8-4-7-22-6-3-5-21/h11-20,22,26-31H,3-10,21H2,1-2H3/b25-23-/t11-,12-,13-,14+,15-,16-,17-,18-,19?,20-/m1/s1. The molecule has 0 bridgehead atoms. The number of rotatable bonds is 14. The molecule has 1 unspecified atom stereocenters. The quantitative estimate of drug-likeness (QED) is 0.0468. The first-order chi connectivity index (χ1) is 17.2. The molecule has 0 saturated carbocycles. The fourth-order valence-corrected chi connectivity index (χ4v) is 4.30. The van der Waals surface area contributed by atoms with Crippen LogP contribution >= 0.6 is 0 Å². The van der Waals surface area contributed by atoms with Crippen LogP contribution in [0.5, 0.6) is 0 Å². The van der Waals surface area contributed by atoms with E-state index < -0.39 is 67.8 Å². The maximum absolute atomic E-state index is 12.1. The summed E-state index contributed by atoms with van der Waals surface area (Å²) in [5.74, 6) is 0. The minimum atomic E-state index is -1.64. The number of ether oxygens (including phenoxy) is 4. The van der Waals surface area contributed by atoms with Gasteiger partial charge in [-0.25, -0.2) is 0 Å². The van der Waals surface area contributed by atoms with Gasteiger partial charge in [0.25, 0.3) is 0 Å². The largest absolute Gasteiger partial charge is 0.569 e. The van der Waals surface area contributed by atoms with Crippen LogP contribution in [0, 0.1) is 5.21 Å². The zero-order valence-corrected chi connectivity index (χ0v) is 20.6. The SMILES string of the molecule is CO[C@H]1[C@H](O)[C@@H](O)[C@@H](OC2[C@@H](CO)O[C@H](C)[C@H](O)[C@H]2O)O[C@@H]1CN(CCCNCCCN)/[N+]([O-])=N/O. The zero-order chi connectivity index (χ0) is 26.8. The van der Waals surface area contributed by atoms with E-state index in [0.717, 1.165) is 11.4 Å². The normalized spacial score (nSPS) is 37.7. The van der Waals surface area contributed by atoms with E-state index >= 15 is 0 Å². The van der Waals surface area contributed by atoms with Crippen molar-refractivity contribution < 1.29 is 54.7 Å². The van der Waals surface area contributed by atoms with Crippen LogP contribution in [0.1, 0.15) is 19.8 Å². The Balaban J connectivity index is 2.12. The number of hydrogen-bond donors (Lipinski definition) is 8. The molecule has 0 aliphatic carbocycles. The maximum Gasteiger partial charge on any atom is 0.230 e. The fourth-order valence-electron chi connectivity index (χ4n) is 4.30. The van der Waals surface area contributed by atoms with Gasteiger partial charge in [0.1, 0.15) is 55.4 Å². The van der Waals surface area contributed by atoms with Crippen molar-refractivity contribution in [2.75, 3.05) is 46.4 Å². The molecule has 0 spiro atoms. The van der Waals surface area contributed by atoms with Gasteiger partial charge in [-0.2, -0.15) is 0 Å². The first-order valence-corrected chi connectivity index (χ1v) is 12.0. The van der Waals surface area contributed by atoms with E-state index in [9.17, 15) is 30.7 Å². The molecule has 16 heteroatoms. The summed E-state index contributed by atoms with van der Waals surface area (Å²) in [6, 6.07) is 0. The predicted octanol–water partition coefficient (Wildman–Crippen LogP) is -3.77. The van der Waals surface area contributed by atoms with Crippen molar-refractivity contribution in [3.63, 3.8) is 0 Å². The van der Waals surface area contributed by atoms with Gasteiger partial charge in [-0.1, -0.05) is 0 Å². The minimum Gasteiger partial charge on any atom is -0.569 e.